The highest BCUT2D eigenvalue weighted by atomic mass is 19.1. The molecule has 0 aliphatic carbocycles. The minimum atomic E-state index is -0.593. The molecule has 0 saturated carbocycles. The largest absolute Gasteiger partial charge is 0.338 e. The number of piperidine rings is 1. The molecule has 1 aliphatic rings. The Bertz CT molecular complexity index is 433. The second-order valence-electron chi connectivity index (χ2n) is 4.54. The van der Waals surface area contributed by atoms with E-state index in [1.54, 1.807) is 4.90 Å². The smallest absolute Gasteiger partial charge is 0.225 e. The van der Waals surface area contributed by atoms with E-state index in [2.05, 4.69) is 0 Å². The highest BCUT2D eigenvalue weighted by molar-refractivity contribution is 5.79. The Balaban J connectivity index is 2.12. The molecule has 92 valence electrons. The van der Waals surface area contributed by atoms with Crippen LogP contribution >= 0.6 is 0 Å². The van der Waals surface area contributed by atoms with E-state index < -0.39 is 11.6 Å². The molecule has 2 nitrogen and oxygen atoms in total. The molecule has 1 fully saturated rings. The summed E-state index contributed by atoms with van der Waals surface area (Å²) in [5.41, 5.74) is 0.369. The summed E-state index contributed by atoms with van der Waals surface area (Å²) in [6, 6.07) is 3.47. The summed E-state index contributed by atoms with van der Waals surface area (Å²) in [6.07, 6.45) is 1.83. The zero-order chi connectivity index (χ0) is 12.4. The van der Waals surface area contributed by atoms with Crippen LogP contribution in [0.25, 0.3) is 0 Å². The van der Waals surface area contributed by atoms with E-state index in [0.717, 1.165) is 18.9 Å². The molecule has 1 amide bonds. The highest BCUT2D eigenvalue weighted by Gasteiger charge is 2.25. The summed E-state index contributed by atoms with van der Waals surface area (Å²) < 4.78 is 26.2. The number of carbonyl (C=O) groups excluding carboxylic acids is 1. The molecule has 0 aromatic heterocycles. The van der Waals surface area contributed by atoms with Gasteiger partial charge in [-0.2, -0.15) is 0 Å². The van der Waals surface area contributed by atoms with Gasteiger partial charge in [0.1, 0.15) is 11.6 Å². The normalized spacial score (nSPS) is 20.8. The first-order chi connectivity index (χ1) is 8.08. The van der Waals surface area contributed by atoms with Crippen LogP contribution in [0.5, 0.6) is 0 Å². The van der Waals surface area contributed by atoms with Crippen LogP contribution in [0, 0.1) is 17.6 Å². The predicted octanol–water partition coefficient (Wildman–Crippen LogP) is 2.72. The Morgan fingerprint density at radius 1 is 1.41 bits per heavy atom. The molecule has 0 N–H and O–H groups in total. The maximum atomic E-state index is 13.5. The van der Waals surface area contributed by atoms with Crippen LogP contribution in [-0.4, -0.2) is 17.4 Å². The molecule has 17 heavy (non-hydrogen) atoms. The third kappa shape index (κ3) is 2.62. The SMILES string of the molecule is CC1CCCN(Cc2ccc(F)cc2F)C1=O. The van der Waals surface area contributed by atoms with Gasteiger partial charge < -0.3 is 4.90 Å². The fraction of sp³-hybridized carbons (Fsp3) is 0.462. The number of nitrogens with zero attached hydrogens (tertiary/aromatic N) is 1. The van der Waals surface area contributed by atoms with Crippen LogP contribution in [0.1, 0.15) is 25.3 Å². The molecule has 0 radical (unpaired) electrons. The summed E-state index contributed by atoms with van der Waals surface area (Å²) in [6.45, 7) is 2.77. The van der Waals surface area contributed by atoms with Gasteiger partial charge in [0, 0.05) is 30.6 Å². The van der Waals surface area contributed by atoms with Gasteiger partial charge in [0.2, 0.25) is 5.91 Å². The number of halogens is 2. The Kier molecular flexibility index (Phi) is 3.41. The van der Waals surface area contributed by atoms with Crippen LogP contribution in [0.2, 0.25) is 0 Å². The average Bonchev–Trinajstić information content (AvgIpc) is 2.28. The van der Waals surface area contributed by atoms with E-state index in [9.17, 15) is 13.6 Å². The van der Waals surface area contributed by atoms with Crippen molar-refractivity contribution < 1.29 is 13.6 Å². The molecule has 1 atom stereocenters. The van der Waals surface area contributed by atoms with Crippen LogP contribution in [0.4, 0.5) is 8.78 Å². The zero-order valence-electron chi connectivity index (χ0n) is 9.75. The second kappa shape index (κ2) is 4.82. The topological polar surface area (TPSA) is 20.3 Å². The molecule has 1 heterocycles. The van der Waals surface area contributed by atoms with E-state index in [4.69, 9.17) is 0 Å². The average molecular weight is 239 g/mol. The number of hydrogen-bond donors (Lipinski definition) is 0. The summed E-state index contributed by atoms with van der Waals surface area (Å²) in [7, 11) is 0. The van der Waals surface area contributed by atoms with Gasteiger partial charge in [-0.1, -0.05) is 13.0 Å². The number of benzene rings is 1. The molecule has 1 saturated heterocycles. The van der Waals surface area contributed by atoms with E-state index in [-0.39, 0.29) is 18.4 Å². The minimum absolute atomic E-state index is 0.00672. The molecular formula is C13H15F2NO. The second-order valence-corrected chi connectivity index (χ2v) is 4.54. The van der Waals surface area contributed by atoms with Gasteiger partial charge in [-0.3, -0.25) is 4.79 Å². The van der Waals surface area contributed by atoms with E-state index in [1.807, 2.05) is 6.92 Å². The van der Waals surface area contributed by atoms with Crippen molar-refractivity contribution in [3.8, 4) is 0 Å². The van der Waals surface area contributed by atoms with Crippen molar-refractivity contribution in [2.75, 3.05) is 6.54 Å². The van der Waals surface area contributed by atoms with Crippen molar-refractivity contribution in [1.29, 1.82) is 0 Å². The number of rotatable bonds is 2. The molecule has 1 unspecified atom stereocenters. The van der Waals surface area contributed by atoms with Crippen molar-refractivity contribution in [3.05, 3.63) is 35.4 Å². The van der Waals surface area contributed by atoms with Crippen molar-refractivity contribution in [2.45, 2.75) is 26.3 Å². The molecule has 1 aromatic rings. The third-order valence-electron chi connectivity index (χ3n) is 3.17. The van der Waals surface area contributed by atoms with Gasteiger partial charge in [-0.05, 0) is 18.9 Å². The lowest BCUT2D eigenvalue weighted by Gasteiger charge is -2.30. The van der Waals surface area contributed by atoms with E-state index in [1.165, 1.54) is 12.1 Å². The summed E-state index contributed by atoms with van der Waals surface area (Å²) in [5.74, 6) is -1.12. The first-order valence-corrected chi connectivity index (χ1v) is 5.80. The lowest BCUT2D eigenvalue weighted by molar-refractivity contribution is -0.138. The predicted molar refractivity (Wildman–Crippen MR) is 60.2 cm³/mol. The fourth-order valence-electron chi connectivity index (χ4n) is 2.15. The summed E-state index contributed by atoms with van der Waals surface area (Å²) in [4.78, 5) is 13.5. The van der Waals surface area contributed by atoms with Crippen molar-refractivity contribution in [3.63, 3.8) is 0 Å². The molecular weight excluding hydrogens is 224 g/mol. The quantitative estimate of drug-likeness (QED) is 0.777. The Morgan fingerprint density at radius 3 is 2.88 bits per heavy atom. The standard InChI is InChI=1S/C13H15F2NO/c1-9-3-2-6-16(13(9)17)8-10-4-5-11(14)7-12(10)15/h4-5,7,9H,2-3,6,8H2,1H3. The molecule has 4 heteroatoms. The number of hydrogen-bond acceptors (Lipinski definition) is 1. The Morgan fingerprint density at radius 2 is 2.18 bits per heavy atom. The fourth-order valence-corrected chi connectivity index (χ4v) is 2.15. The molecule has 1 aromatic carbocycles. The summed E-state index contributed by atoms with van der Waals surface area (Å²) >= 11 is 0. The zero-order valence-corrected chi connectivity index (χ0v) is 9.75. The third-order valence-corrected chi connectivity index (χ3v) is 3.17. The lowest BCUT2D eigenvalue weighted by Crippen LogP contribution is -2.39. The highest BCUT2D eigenvalue weighted by Crippen LogP contribution is 2.20. The van der Waals surface area contributed by atoms with E-state index >= 15 is 0 Å². The van der Waals surface area contributed by atoms with Gasteiger partial charge in [0.05, 0.1) is 0 Å². The van der Waals surface area contributed by atoms with Crippen LogP contribution in [0.15, 0.2) is 18.2 Å². The monoisotopic (exact) mass is 239 g/mol. The van der Waals surface area contributed by atoms with Gasteiger partial charge in [0.25, 0.3) is 0 Å². The lowest BCUT2D eigenvalue weighted by atomic mass is 9.98. The minimum Gasteiger partial charge on any atom is -0.338 e. The number of carbonyl (C=O) groups is 1. The van der Waals surface area contributed by atoms with Crippen LogP contribution < -0.4 is 0 Å². The van der Waals surface area contributed by atoms with Gasteiger partial charge >= 0.3 is 0 Å². The maximum absolute atomic E-state index is 13.5. The van der Waals surface area contributed by atoms with Crippen molar-refractivity contribution in [2.24, 2.45) is 5.92 Å². The molecule has 2 rings (SSSR count). The Hall–Kier alpha value is -1.45. The van der Waals surface area contributed by atoms with Crippen LogP contribution in [-0.2, 0) is 11.3 Å². The van der Waals surface area contributed by atoms with Gasteiger partial charge in [0.15, 0.2) is 0 Å². The Labute approximate surface area is 99.2 Å². The number of amides is 1. The molecule has 0 spiro atoms. The number of likely N-dealkylation sites (tertiary alicyclic amines) is 1. The van der Waals surface area contributed by atoms with Gasteiger partial charge in [-0.25, -0.2) is 8.78 Å². The molecule has 1 aliphatic heterocycles. The maximum Gasteiger partial charge on any atom is 0.225 e. The first kappa shape index (κ1) is 12.0. The first-order valence-electron chi connectivity index (χ1n) is 5.80. The molecule has 0 bridgehead atoms. The van der Waals surface area contributed by atoms with Crippen molar-refractivity contribution in [1.82, 2.24) is 4.90 Å². The summed E-state index contributed by atoms with van der Waals surface area (Å²) in [5, 5.41) is 0. The van der Waals surface area contributed by atoms with Gasteiger partial charge in [-0.15, -0.1) is 0 Å². The van der Waals surface area contributed by atoms with E-state index in [0.29, 0.717) is 12.1 Å². The van der Waals surface area contributed by atoms with Crippen LogP contribution in [0.3, 0.4) is 0 Å². The van der Waals surface area contributed by atoms with Crippen molar-refractivity contribution >= 4 is 5.91 Å².